The summed E-state index contributed by atoms with van der Waals surface area (Å²) in [4.78, 5) is 35.7. The number of carbonyl (C=O) groups is 3. The van der Waals surface area contributed by atoms with E-state index in [2.05, 4.69) is 16.2 Å². The number of aromatic nitrogens is 1. The van der Waals surface area contributed by atoms with Gasteiger partial charge in [0.2, 0.25) is 0 Å². The van der Waals surface area contributed by atoms with Crippen LogP contribution in [0.15, 0.2) is 73.1 Å². The highest BCUT2D eigenvalue weighted by molar-refractivity contribution is 6.00. The van der Waals surface area contributed by atoms with Crippen molar-refractivity contribution in [2.45, 2.75) is 6.92 Å². The predicted molar refractivity (Wildman–Crippen MR) is 102 cm³/mol. The summed E-state index contributed by atoms with van der Waals surface area (Å²) >= 11 is 0. The highest BCUT2D eigenvalue weighted by Crippen LogP contribution is 2.14. The first-order chi connectivity index (χ1) is 13.0. The first-order valence-corrected chi connectivity index (χ1v) is 8.25. The van der Waals surface area contributed by atoms with Crippen LogP contribution < -0.4 is 16.2 Å². The quantitative estimate of drug-likeness (QED) is 0.492. The number of nitrogens with one attached hydrogen (secondary N) is 3. The molecule has 0 unspecified atom stereocenters. The fourth-order valence-electron chi connectivity index (χ4n) is 2.52. The molecule has 3 aromatic rings. The number of hydrazine groups is 1. The third-order valence-electron chi connectivity index (χ3n) is 3.87. The minimum absolute atomic E-state index is 0.0559. The van der Waals surface area contributed by atoms with Crippen molar-refractivity contribution in [2.75, 3.05) is 5.32 Å². The molecule has 2 aromatic carbocycles. The Morgan fingerprint density at radius 1 is 0.815 bits per heavy atom. The van der Waals surface area contributed by atoms with Gasteiger partial charge in [0.1, 0.15) is 0 Å². The standard InChI is InChI=1S/C20H18N4O3/c1-14(25)15-8-10-16(11-9-15)21-20(27)23-22-19(26)17-6-2-3-7-18(17)24-12-4-5-13-24/h2-13H,1H3,(H,22,26)(H2,21,23,27). The van der Waals surface area contributed by atoms with Gasteiger partial charge in [-0.15, -0.1) is 0 Å². The lowest BCUT2D eigenvalue weighted by Crippen LogP contribution is -2.44. The van der Waals surface area contributed by atoms with Crippen molar-refractivity contribution in [3.8, 4) is 5.69 Å². The number of hydrogen-bond acceptors (Lipinski definition) is 3. The number of carbonyl (C=O) groups excluding carboxylic acids is 3. The summed E-state index contributed by atoms with van der Waals surface area (Å²) in [6, 6.07) is 16.6. The Labute approximate surface area is 156 Å². The Kier molecular flexibility index (Phi) is 5.32. The molecule has 0 aliphatic rings. The summed E-state index contributed by atoms with van der Waals surface area (Å²) in [7, 11) is 0. The van der Waals surface area contributed by atoms with Gasteiger partial charge in [0.25, 0.3) is 5.91 Å². The predicted octanol–water partition coefficient (Wildman–Crippen LogP) is 3.15. The van der Waals surface area contributed by atoms with Crippen molar-refractivity contribution in [1.82, 2.24) is 15.4 Å². The molecule has 0 bridgehead atoms. The van der Waals surface area contributed by atoms with Gasteiger partial charge in [-0.2, -0.15) is 0 Å². The first kappa shape index (κ1) is 17.9. The second-order valence-corrected chi connectivity index (χ2v) is 5.77. The Morgan fingerprint density at radius 2 is 1.48 bits per heavy atom. The molecule has 0 saturated heterocycles. The van der Waals surface area contributed by atoms with E-state index in [0.29, 0.717) is 22.5 Å². The summed E-state index contributed by atoms with van der Waals surface area (Å²) in [6.45, 7) is 1.47. The molecular formula is C20H18N4O3. The van der Waals surface area contributed by atoms with Crippen molar-refractivity contribution in [3.05, 3.63) is 84.2 Å². The van der Waals surface area contributed by atoms with Crippen LogP contribution in [0.25, 0.3) is 5.69 Å². The smallest absolute Gasteiger partial charge is 0.323 e. The molecule has 7 heteroatoms. The van der Waals surface area contributed by atoms with E-state index in [1.54, 1.807) is 36.4 Å². The summed E-state index contributed by atoms with van der Waals surface area (Å²) < 4.78 is 1.81. The molecule has 0 radical (unpaired) electrons. The molecule has 3 amide bonds. The SMILES string of the molecule is CC(=O)c1ccc(NC(=O)NNC(=O)c2ccccc2-n2cccc2)cc1. The molecule has 0 fully saturated rings. The highest BCUT2D eigenvalue weighted by Gasteiger charge is 2.12. The number of amides is 3. The van der Waals surface area contributed by atoms with Crippen LogP contribution in [0.5, 0.6) is 0 Å². The third-order valence-corrected chi connectivity index (χ3v) is 3.87. The fraction of sp³-hybridized carbons (Fsp3) is 0.0500. The Hall–Kier alpha value is -3.87. The monoisotopic (exact) mass is 362 g/mol. The van der Waals surface area contributed by atoms with Crippen molar-refractivity contribution in [3.63, 3.8) is 0 Å². The lowest BCUT2D eigenvalue weighted by atomic mass is 10.1. The first-order valence-electron chi connectivity index (χ1n) is 8.25. The number of para-hydroxylation sites is 1. The van der Waals surface area contributed by atoms with Crippen molar-refractivity contribution in [2.24, 2.45) is 0 Å². The van der Waals surface area contributed by atoms with Gasteiger partial charge < -0.3 is 9.88 Å². The molecule has 0 saturated carbocycles. The Bertz CT molecular complexity index is 963. The average Bonchev–Trinajstić information content (AvgIpc) is 3.21. The van der Waals surface area contributed by atoms with Gasteiger partial charge in [-0.3, -0.25) is 15.0 Å². The lowest BCUT2D eigenvalue weighted by molar-refractivity contribution is 0.0937. The molecule has 27 heavy (non-hydrogen) atoms. The van der Waals surface area contributed by atoms with Crippen molar-refractivity contribution < 1.29 is 14.4 Å². The van der Waals surface area contributed by atoms with E-state index in [-0.39, 0.29) is 5.78 Å². The fourth-order valence-corrected chi connectivity index (χ4v) is 2.52. The zero-order valence-electron chi connectivity index (χ0n) is 14.6. The number of benzene rings is 2. The third kappa shape index (κ3) is 4.40. The number of Topliss-reactive ketones (excluding diaryl/α,β-unsaturated/α-hetero) is 1. The van der Waals surface area contributed by atoms with Crippen LogP contribution in [-0.4, -0.2) is 22.3 Å². The van der Waals surface area contributed by atoms with E-state index >= 15 is 0 Å². The molecule has 1 aromatic heterocycles. The number of ketones is 1. The van der Waals surface area contributed by atoms with Gasteiger partial charge in [0.15, 0.2) is 5.78 Å². The van der Waals surface area contributed by atoms with Crippen molar-refractivity contribution >= 4 is 23.4 Å². The summed E-state index contributed by atoms with van der Waals surface area (Å²) in [5, 5.41) is 2.58. The topological polar surface area (TPSA) is 92.2 Å². The molecule has 3 rings (SSSR count). The molecule has 0 atom stereocenters. The van der Waals surface area contributed by atoms with Crippen LogP contribution in [0.1, 0.15) is 27.6 Å². The molecule has 7 nitrogen and oxygen atoms in total. The van der Waals surface area contributed by atoms with Crippen molar-refractivity contribution in [1.29, 1.82) is 0 Å². The van der Waals surface area contributed by atoms with E-state index in [4.69, 9.17) is 0 Å². The van der Waals surface area contributed by atoms with Crippen LogP contribution in [0.2, 0.25) is 0 Å². The highest BCUT2D eigenvalue weighted by atomic mass is 16.2. The molecule has 0 spiro atoms. The summed E-state index contributed by atoms with van der Waals surface area (Å²) in [5.41, 5.74) is 6.86. The van der Waals surface area contributed by atoms with E-state index in [0.717, 1.165) is 0 Å². The van der Waals surface area contributed by atoms with E-state index < -0.39 is 11.9 Å². The van der Waals surface area contributed by atoms with Gasteiger partial charge >= 0.3 is 6.03 Å². The molecule has 3 N–H and O–H groups in total. The van der Waals surface area contributed by atoms with Crippen LogP contribution in [0.3, 0.4) is 0 Å². The van der Waals surface area contributed by atoms with Crippen LogP contribution in [0.4, 0.5) is 10.5 Å². The van der Waals surface area contributed by atoms with Crippen LogP contribution in [0, 0.1) is 0 Å². The maximum absolute atomic E-state index is 12.4. The van der Waals surface area contributed by atoms with Gasteiger partial charge in [0.05, 0.1) is 11.3 Å². The Morgan fingerprint density at radius 3 is 2.15 bits per heavy atom. The molecule has 0 aliphatic heterocycles. The lowest BCUT2D eigenvalue weighted by Gasteiger charge is -2.12. The number of anilines is 1. The molecular weight excluding hydrogens is 344 g/mol. The van der Waals surface area contributed by atoms with Crippen LogP contribution in [-0.2, 0) is 0 Å². The average molecular weight is 362 g/mol. The van der Waals surface area contributed by atoms with E-state index in [1.807, 2.05) is 41.2 Å². The zero-order valence-corrected chi connectivity index (χ0v) is 14.6. The second kappa shape index (κ2) is 8.01. The number of rotatable bonds is 4. The maximum atomic E-state index is 12.4. The minimum Gasteiger partial charge on any atom is -0.323 e. The minimum atomic E-state index is -0.600. The van der Waals surface area contributed by atoms with Gasteiger partial charge in [-0.1, -0.05) is 12.1 Å². The van der Waals surface area contributed by atoms with Gasteiger partial charge in [-0.25, -0.2) is 10.2 Å². The van der Waals surface area contributed by atoms with E-state index in [1.165, 1.54) is 6.92 Å². The number of nitrogens with zero attached hydrogens (tertiary/aromatic N) is 1. The normalized spacial score (nSPS) is 10.1. The summed E-state index contributed by atoms with van der Waals surface area (Å²) in [6.07, 6.45) is 3.66. The van der Waals surface area contributed by atoms with Gasteiger partial charge in [-0.05, 0) is 55.5 Å². The molecule has 136 valence electrons. The maximum Gasteiger partial charge on any atom is 0.337 e. The number of urea groups is 1. The van der Waals surface area contributed by atoms with Gasteiger partial charge in [0, 0.05) is 23.6 Å². The largest absolute Gasteiger partial charge is 0.337 e. The van der Waals surface area contributed by atoms with E-state index in [9.17, 15) is 14.4 Å². The molecule has 0 aliphatic carbocycles. The number of hydrogen-bond donors (Lipinski definition) is 3. The summed E-state index contributed by atoms with van der Waals surface area (Å²) in [5.74, 6) is -0.499. The molecule has 1 heterocycles. The zero-order chi connectivity index (χ0) is 19.2. The second-order valence-electron chi connectivity index (χ2n) is 5.77. The Balaban J connectivity index is 1.61. The van der Waals surface area contributed by atoms with Crippen LogP contribution >= 0.6 is 0 Å².